The molecular formula is C25H24F3N3O4. The predicted octanol–water partition coefficient (Wildman–Crippen LogP) is 4.73. The second-order valence-electron chi connectivity index (χ2n) is 8.23. The summed E-state index contributed by atoms with van der Waals surface area (Å²) in [6.45, 7) is 1.75. The monoisotopic (exact) mass is 487 g/mol. The third-order valence-corrected chi connectivity index (χ3v) is 5.58. The Labute approximate surface area is 199 Å². The molecule has 184 valence electrons. The largest absolute Gasteiger partial charge is 0.573 e. The van der Waals surface area contributed by atoms with E-state index in [1.54, 1.807) is 17.0 Å². The van der Waals surface area contributed by atoms with Crippen LogP contribution in [0.15, 0.2) is 59.2 Å². The molecule has 10 heteroatoms. The smallest absolute Gasteiger partial charge is 0.444 e. The lowest BCUT2D eigenvalue weighted by Crippen LogP contribution is -2.35. The number of carbonyl (C=O) groups is 2. The summed E-state index contributed by atoms with van der Waals surface area (Å²) in [6, 6.07) is 12.4. The molecule has 2 amide bonds. The van der Waals surface area contributed by atoms with E-state index in [9.17, 15) is 22.8 Å². The lowest BCUT2D eigenvalue weighted by molar-refractivity contribution is -0.274. The number of hydrogen-bond donors (Lipinski definition) is 1. The Bertz CT molecular complexity index is 1150. The lowest BCUT2D eigenvalue weighted by Gasteiger charge is -2.25. The average Bonchev–Trinajstić information content (AvgIpc) is 3.34. The molecule has 1 saturated heterocycles. The van der Waals surface area contributed by atoms with Crippen molar-refractivity contribution in [2.45, 2.75) is 38.6 Å². The molecule has 0 saturated carbocycles. The summed E-state index contributed by atoms with van der Waals surface area (Å²) in [7, 11) is 0. The molecule has 0 bridgehead atoms. The van der Waals surface area contributed by atoms with Crippen molar-refractivity contribution in [1.29, 1.82) is 0 Å². The lowest BCUT2D eigenvalue weighted by atomic mass is 10.1. The van der Waals surface area contributed by atoms with Crippen LogP contribution in [0.3, 0.4) is 0 Å². The highest BCUT2D eigenvalue weighted by Gasteiger charge is 2.31. The number of hydrogen-bond acceptors (Lipinski definition) is 5. The fourth-order valence-corrected chi connectivity index (χ4v) is 3.79. The second-order valence-corrected chi connectivity index (χ2v) is 8.23. The highest BCUT2D eigenvalue weighted by Crippen LogP contribution is 2.23. The molecule has 4 rings (SSSR count). The molecule has 1 aliphatic heterocycles. The first-order chi connectivity index (χ1) is 16.8. The highest BCUT2D eigenvalue weighted by atomic mass is 19.4. The first-order valence-corrected chi connectivity index (χ1v) is 11.2. The number of piperidine rings is 1. The molecule has 1 fully saturated rings. The molecule has 1 aliphatic rings. The van der Waals surface area contributed by atoms with E-state index in [4.69, 9.17) is 4.42 Å². The van der Waals surface area contributed by atoms with Gasteiger partial charge >= 0.3 is 6.36 Å². The van der Waals surface area contributed by atoms with Crippen LogP contribution in [0.4, 0.5) is 13.2 Å². The number of rotatable bonds is 7. The van der Waals surface area contributed by atoms with Gasteiger partial charge in [-0.15, -0.1) is 13.2 Å². The van der Waals surface area contributed by atoms with E-state index in [2.05, 4.69) is 15.0 Å². The molecule has 2 aromatic carbocycles. The maximum atomic E-state index is 12.6. The van der Waals surface area contributed by atoms with E-state index in [1.807, 2.05) is 12.1 Å². The van der Waals surface area contributed by atoms with Gasteiger partial charge in [0.1, 0.15) is 12.0 Å². The summed E-state index contributed by atoms with van der Waals surface area (Å²) in [4.78, 5) is 30.9. The Hall–Kier alpha value is -3.82. The van der Waals surface area contributed by atoms with Gasteiger partial charge in [-0.1, -0.05) is 24.3 Å². The van der Waals surface area contributed by atoms with Crippen LogP contribution < -0.4 is 10.1 Å². The topological polar surface area (TPSA) is 84.7 Å². The van der Waals surface area contributed by atoms with Crippen molar-refractivity contribution in [3.63, 3.8) is 0 Å². The molecule has 0 aliphatic carbocycles. The standard InChI is InChI=1S/C25H24F3N3O4/c26-25(27,28)35-20-10-6-17(7-11-20)14-22(32)29-15-18-4-8-19(9-5-18)23-30-21(16-34-23)24(33)31-12-2-1-3-13-31/h4-11,16H,1-3,12-15H2,(H,29,32). The molecule has 3 aromatic rings. The van der Waals surface area contributed by atoms with Gasteiger partial charge in [0, 0.05) is 25.2 Å². The Morgan fingerprint density at radius 1 is 0.971 bits per heavy atom. The number of nitrogens with one attached hydrogen (secondary N) is 1. The van der Waals surface area contributed by atoms with Gasteiger partial charge in [-0.05, 0) is 54.7 Å². The van der Waals surface area contributed by atoms with Crippen molar-refractivity contribution in [1.82, 2.24) is 15.2 Å². The first kappa shape index (κ1) is 24.3. The number of oxazole rings is 1. The van der Waals surface area contributed by atoms with E-state index in [-0.39, 0.29) is 36.2 Å². The van der Waals surface area contributed by atoms with Crippen LogP contribution >= 0.6 is 0 Å². The molecule has 1 N–H and O–H groups in total. The Kier molecular flexibility index (Phi) is 7.38. The molecule has 2 heterocycles. The third kappa shape index (κ3) is 6.84. The third-order valence-electron chi connectivity index (χ3n) is 5.58. The minimum absolute atomic E-state index is 0.0223. The minimum Gasteiger partial charge on any atom is -0.444 e. The van der Waals surface area contributed by atoms with E-state index in [1.165, 1.54) is 30.5 Å². The molecule has 0 spiro atoms. The number of nitrogens with zero attached hydrogens (tertiary/aromatic N) is 2. The zero-order valence-corrected chi connectivity index (χ0v) is 18.8. The number of aromatic nitrogens is 1. The van der Waals surface area contributed by atoms with Crippen LogP contribution in [0.5, 0.6) is 5.75 Å². The van der Waals surface area contributed by atoms with Gasteiger partial charge in [0.2, 0.25) is 11.8 Å². The number of halogens is 3. The van der Waals surface area contributed by atoms with Gasteiger partial charge in [-0.25, -0.2) is 4.98 Å². The summed E-state index contributed by atoms with van der Waals surface area (Å²) >= 11 is 0. The van der Waals surface area contributed by atoms with Crippen molar-refractivity contribution in [3.05, 3.63) is 71.6 Å². The van der Waals surface area contributed by atoms with Crippen LogP contribution in [0.25, 0.3) is 11.5 Å². The number of alkyl halides is 3. The van der Waals surface area contributed by atoms with Crippen molar-refractivity contribution < 1.29 is 31.9 Å². The van der Waals surface area contributed by atoms with E-state index in [0.717, 1.165) is 37.9 Å². The Balaban J connectivity index is 1.27. The summed E-state index contributed by atoms with van der Waals surface area (Å²) in [5.74, 6) is -0.386. The van der Waals surface area contributed by atoms with Crippen LogP contribution in [-0.4, -0.2) is 41.2 Å². The average molecular weight is 487 g/mol. The van der Waals surface area contributed by atoms with E-state index in [0.29, 0.717) is 17.0 Å². The minimum atomic E-state index is -4.76. The first-order valence-electron chi connectivity index (χ1n) is 11.2. The number of benzene rings is 2. The fraction of sp³-hybridized carbons (Fsp3) is 0.320. The van der Waals surface area contributed by atoms with Gasteiger partial charge in [-0.3, -0.25) is 9.59 Å². The van der Waals surface area contributed by atoms with Gasteiger partial charge in [0.05, 0.1) is 6.42 Å². The van der Waals surface area contributed by atoms with Gasteiger partial charge in [0.15, 0.2) is 5.69 Å². The summed E-state index contributed by atoms with van der Waals surface area (Å²) < 4.78 is 46.0. The number of ether oxygens (including phenoxy) is 1. The van der Waals surface area contributed by atoms with Crippen molar-refractivity contribution >= 4 is 11.8 Å². The van der Waals surface area contributed by atoms with Crippen molar-refractivity contribution in [3.8, 4) is 17.2 Å². The normalized spacial score (nSPS) is 14.0. The summed E-state index contributed by atoms with van der Waals surface area (Å²) in [6.07, 6.45) is -0.227. The van der Waals surface area contributed by atoms with Gasteiger partial charge in [-0.2, -0.15) is 0 Å². The molecule has 0 atom stereocenters. The van der Waals surface area contributed by atoms with Crippen LogP contribution in [0, 0.1) is 0 Å². The molecule has 7 nitrogen and oxygen atoms in total. The second kappa shape index (κ2) is 10.6. The predicted molar refractivity (Wildman–Crippen MR) is 120 cm³/mol. The maximum absolute atomic E-state index is 12.6. The summed E-state index contributed by atoms with van der Waals surface area (Å²) in [5, 5.41) is 2.78. The number of likely N-dealkylation sites (tertiary alicyclic amines) is 1. The zero-order valence-electron chi connectivity index (χ0n) is 18.8. The molecule has 1 aromatic heterocycles. The van der Waals surface area contributed by atoms with Gasteiger partial charge < -0.3 is 19.4 Å². The van der Waals surface area contributed by atoms with Gasteiger partial charge in [0.25, 0.3) is 5.91 Å². The van der Waals surface area contributed by atoms with E-state index < -0.39 is 6.36 Å². The maximum Gasteiger partial charge on any atom is 0.573 e. The Morgan fingerprint density at radius 2 is 1.63 bits per heavy atom. The Morgan fingerprint density at radius 3 is 2.29 bits per heavy atom. The van der Waals surface area contributed by atoms with Crippen LogP contribution in [0.2, 0.25) is 0 Å². The molecule has 0 unspecified atom stereocenters. The van der Waals surface area contributed by atoms with Crippen molar-refractivity contribution in [2.75, 3.05) is 13.1 Å². The quantitative estimate of drug-likeness (QED) is 0.521. The molecular weight excluding hydrogens is 463 g/mol. The SMILES string of the molecule is O=C(Cc1ccc(OC(F)(F)F)cc1)NCc1ccc(-c2nc(C(=O)N3CCCCC3)co2)cc1. The highest BCUT2D eigenvalue weighted by molar-refractivity contribution is 5.92. The fourth-order valence-electron chi connectivity index (χ4n) is 3.79. The van der Waals surface area contributed by atoms with Crippen LogP contribution in [-0.2, 0) is 17.8 Å². The zero-order chi connectivity index (χ0) is 24.8. The summed E-state index contributed by atoms with van der Waals surface area (Å²) in [5.41, 5.74) is 2.40. The molecule has 0 radical (unpaired) electrons. The van der Waals surface area contributed by atoms with Crippen molar-refractivity contribution in [2.24, 2.45) is 0 Å². The number of carbonyl (C=O) groups excluding carboxylic acids is 2. The molecule has 35 heavy (non-hydrogen) atoms. The van der Waals surface area contributed by atoms with E-state index >= 15 is 0 Å². The van der Waals surface area contributed by atoms with Crippen LogP contribution in [0.1, 0.15) is 40.9 Å². The number of amides is 2.